The Morgan fingerprint density at radius 2 is 1.85 bits per heavy atom. The first-order valence-corrected chi connectivity index (χ1v) is 9.93. The van der Waals surface area contributed by atoms with Gasteiger partial charge in [0.2, 0.25) is 0 Å². The van der Waals surface area contributed by atoms with Crippen molar-refractivity contribution in [2.24, 2.45) is 5.92 Å². The molecule has 3 rings (SSSR count). The number of carbonyl (C=O) groups is 1. The summed E-state index contributed by atoms with van der Waals surface area (Å²) in [6.45, 7) is 2.75. The van der Waals surface area contributed by atoms with Crippen molar-refractivity contribution in [1.29, 1.82) is 0 Å². The van der Waals surface area contributed by atoms with Crippen LogP contribution in [0.5, 0.6) is 11.5 Å². The molecule has 0 unspecified atom stereocenters. The van der Waals surface area contributed by atoms with Gasteiger partial charge >= 0.3 is 0 Å². The summed E-state index contributed by atoms with van der Waals surface area (Å²) in [7, 11) is 0. The number of hydrogen-bond acceptors (Lipinski definition) is 3. The monoisotopic (exact) mass is 364 g/mol. The highest BCUT2D eigenvalue weighted by molar-refractivity contribution is 6.07. The van der Waals surface area contributed by atoms with Crippen LogP contribution >= 0.6 is 0 Å². The van der Waals surface area contributed by atoms with Crippen LogP contribution in [-0.4, -0.2) is 17.5 Å². The lowest BCUT2D eigenvalue weighted by molar-refractivity contribution is 0.104. The highest BCUT2D eigenvalue weighted by Crippen LogP contribution is 2.31. The third-order valence-corrected chi connectivity index (χ3v) is 5.29. The molecule has 3 heteroatoms. The van der Waals surface area contributed by atoms with E-state index in [-0.39, 0.29) is 11.5 Å². The third-order valence-electron chi connectivity index (χ3n) is 5.29. The molecule has 0 aliphatic heterocycles. The molecule has 1 aliphatic carbocycles. The number of ketones is 1. The Balaban J connectivity index is 1.70. The summed E-state index contributed by atoms with van der Waals surface area (Å²) < 4.78 is 6.00. The molecule has 142 valence electrons. The minimum absolute atomic E-state index is 0.0841. The number of rotatable bonds is 7. The van der Waals surface area contributed by atoms with Crippen LogP contribution in [0, 0.1) is 5.92 Å². The van der Waals surface area contributed by atoms with Crippen LogP contribution in [0.25, 0.3) is 6.08 Å². The van der Waals surface area contributed by atoms with Gasteiger partial charge in [-0.25, -0.2) is 0 Å². The van der Waals surface area contributed by atoms with Crippen molar-refractivity contribution in [2.75, 3.05) is 6.61 Å². The predicted octanol–water partition coefficient (Wildman–Crippen LogP) is 5.81. The van der Waals surface area contributed by atoms with Gasteiger partial charge in [-0.1, -0.05) is 56.5 Å². The molecular weight excluding hydrogens is 336 g/mol. The van der Waals surface area contributed by atoms with Gasteiger partial charge < -0.3 is 9.84 Å². The average Bonchev–Trinajstić information content (AvgIpc) is 2.72. The fraction of sp³-hybridized carbons (Fsp3) is 0.375. The van der Waals surface area contributed by atoms with Crippen molar-refractivity contribution in [3.8, 4) is 11.5 Å². The van der Waals surface area contributed by atoms with Crippen LogP contribution in [0.4, 0.5) is 0 Å². The largest absolute Gasteiger partial charge is 0.507 e. The minimum atomic E-state index is -0.0841. The summed E-state index contributed by atoms with van der Waals surface area (Å²) in [5.74, 6) is 1.25. The second kappa shape index (κ2) is 9.40. The second-order valence-electron chi connectivity index (χ2n) is 7.25. The standard InChI is InChI=1S/C24H28O3/c1-2-18-11-13-20(14-12-18)22(25)16-15-21-23(26)9-6-10-24(21)27-17-19-7-4-3-5-8-19/h6,9-16,19,26H,2-5,7-8,17H2,1H3/b16-15+. The summed E-state index contributed by atoms with van der Waals surface area (Å²) in [6.07, 6.45) is 10.4. The lowest BCUT2D eigenvalue weighted by Crippen LogP contribution is -2.15. The Labute approximate surface area is 161 Å². The fourth-order valence-electron chi connectivity index (χ4n) is 3.55. The molecule has 1 N–H and O–H groups in total. The Bertz CT molecular complexity index is 784. The molecule has 1 saturated carbocycles. The minimum Gasteiger partial charge on any atom is -0.507 e. The van der Waals surface area contributed by atoms with E-state index in [1.54, 1.807) is 18.2 Å². The summed E-state index contributed by atoms with van der Waals surface area (Å²) in [5, 5.41) is 10.2. The summed E-state index contributed by atoms with van der Waals surface area (Å²) in [4.78, 5) is 12.4. The van der Waals surface area contributed by atoms with Crippen molar-refractivity contribution in [2.45, 2.75) is 45.4 Å². The van der Waals surface area contributed by atoms with E-state index in [1.807, 2.05) is 30.3 Å². The van der Waals surface area contributed by atoms with Gasteiger partial charge in [-0.2, -0.15) is 0 Å². The van der Waals surface area contributed by atoms with Gasteiger partial charge in [-0.3, -0.25) is 4.79 Å². The molecule has 1 aliphatic rings. The molecule has 0 atom stereocenters. The quantitative estimate of drug-likeness (QED) is 0.498. The number of phenols is 1. The van der Waals surface area contributed by atoms with E-state index in [4.69, 9.17) is 4.74 Å². The van der Waals surface area contributed by atoms with Crippen LogP contribution in [0.3, 0.4) is 0 Å². The summed E-state index contributed by atoms with van der Waals surface area (Å²) in [6, 6.07) is 12.9. The lowest BCUT2D eigenvalue weighted by atomic mass is 9.90. The van der Waals surface area contributed by atoms with E-state index in [9.17, 15) is 9.90 Å². The van der Waals surface area contributed by atoms with E-state index in [0.29, 0.717) is 29.4 Å². The molecule has 0 heterocycles. The van der Waals surface area contributed by atoms with Crippen LogP contribution in [0.2, 0.25) is 0 Å². The van der Waals surface area contributed by atoms with E-state index < -0.39 is 0 Å². The number of hydrogen-bond donors (Lipinski definition) is 1. The van der Waals surface area contributed by atoms with E-state index in [2.05, 4.69) is 6.92 Å². The maximum Gasteiger partial charge on any atom is 0.185 e. The SMILES string of the molecule is CCc1ccc(C(=O)/C=C/c2c(O)cccc2OCC2CCCCC2)cc1. The van der Waals surface area contributed by atoms with Crippen LogP contribution in [0.1, 0.15) is 60.5 Å². The molecule has 2 aromatic rings. The molecule has 1 fully saturated rings. The van der Waals surface area contributed by atoms with E-state index in [0.717, 1.165) is 6.42 Å². The Kier molecular flexibility index (Phi) is 6.69. The molecule has 0 bridgehead atoms. The Hall–Kier alpha value is -2.55. The number of ether oxygens (including phenoxy) is 1. The Morgan fingerprint density at radius 3 is 2.56 bits per heavy atom. The topological polar surface area (TPSA) is 46.5 Å². The second-order valence-corrected chi connectivity index (χ2v) is 7.25. The van der Waals surface area contributed by atoms with Crippen LogP contribution in [0.15, 0.2) is 48.5 Å². The molecule has 0 aromatic heterocycles. The molecule has 3 nitrogen and oxygen atoms in total. The molecule has 0 saturated heterocycles. The van der Waals surface area contributed by atoms with Gasteiger partial charge in [-0.05, 0) is 55.0 Å². The van der Waals surface area contributed by atoms with Gasteiger partial charge in [0.1, 0.15) is 11.5 Å². The first-order chi connectivity index (χ1) is 13.2. The van der Waals surface area contributed by atoms with Gasteiger partial charge in [0.25, 0.3) is 0 Å². The van der Waals surface area contributed by atoms with Crippen LogP contribution in [-0.2, 0) is 6.42 Å². The van der Waals surface area contributed by atoms with E-state index in [1.165, 1.54) is 43.7 Å². The fourth-order valence-corrected chi connectivity index (χ4v) is 3.55. The van der Waals surface area contributed by atoms with Crippen molar-refractivity contribution in [3.05, 3.63) is 65.2 Å². The molecule has 2 aromatic carbocycles. The lowest BCUT2D eigenvalue weighted by Gasteiger charge is -2.22. The number of allylic oxidation sites excluding steroid dienone is 1. The highest BCUT2D eigenvalue weighted by Gasteiger charge is 2.15. The first-order valence-electron chi connectivity index (χ1n) is 9.93. The molecule has 0 spiro atoms. The van der Waals surface area contributed by atoms with E-state index >= 15 is 0 Å². The molecular formula is C24H28O3. The normalized spacial score (nSPS) is 15.1. The maximum atomic E-state index is 12.4. The summed E-state index contributed by atoms with van der Waals surface area (Å²) >= 11 is 0. The number of aryl methyl sites for hydroxylation is 1. The average molecular weight is 364 g/mol. The van der Waals surface area contributed by atoms with Crippen molar-refractivity contribution >= 4 is 11.9 Å². The van der Waals surface area contributed by atoms with Crippen molar-refractivity contribution in [1.82, 2.24) is 0 Å². The number of carbonyl (C=O) groups excluding carboxylic acids is 1. The zero-order valence-electron chi connectivity index (χ0n) is 16.0. The predicted molar refractivity (Wildman–Crippen MR) is 109 cm³/mol. The van der Waals surface area contributed by atoms with Crippen molar-refractivity contribution < 1.29 is 14.6 Å². The molecule has 0 radical (unpaired) electrons. The zero-order chi connectivity index (χ0) is 19.1. The highest BCUT2D eigenvalue weighted by atomic mass is 16.5. The Morgan fingerprint density at radius 1 is 1.11 bits per heavy atom. The van der Waals surface area contributed by atoms with Crippen LogP contribution < -0.4 is 4.74 Å². The number of benzene rings is 2. The number of aromatic hydroxyl groups is 1. The van der Waals surface area contributed by atoms with Gasteiger partial charge in [0.05, 0.1) is 12.2 Å². The molecule has 0 amide bonds. The van der Waals surface area contributed by atoms with Gasteiger partial charge in [-0.15, -0.1) is 0 Å². The zero-order valence-corrected chi connectivity index (χ0v) is 16.0. The van der Waals surface area contributed by atoms with Crippen molar-refractivity contribution in [3.63, 3.8) is 0 Å². The third kappa shape index (κ3) is 5.22. The first kappa shape index (κ1) is 19.2. The van der Waals surface area contributed by atoms with Gasteiger partial charge in [0.15, 0.2) is 5.78 Å². The number of phenolic OH excluding ortho intramolecular Hbond substituents is 1. The van der Waals surface area contributed by atoms with Gasteiger partial charge in [0, 0.05) is 5.56 Å². The smallest absolute Gasteiger partial charge is 0.185 e. The maximum absolute atomic E-state index is 12.4. The molecule has 27 heavy (non-hydrogen) atoms. The summed E-state index contributed by atoms with van der Waals surface area (Å²) in [5.41, 5.74) is 2.41.